The molecule has 20 heavy (non-hydrogen) atoms. The number of nitrogens with zero attached hydrogens (tertiary/aromatic N) is 1. The summed E-state index contributed by atoms with van der Waals surface area (Å²) >= 11 is 0. The quantitative estimate of drug-likeness (QED) is 0.773. The topological polar surface area (TPSA) is 106 Å². The molecule has 0 saturated heterocycles. The second kappa shape index (κ2) is 6.15. The highest BCUT2D eigenvalue weighted by Gasteiger charge is 2.18. The van der Waals surface area contributed by atoms with Crippen LogP contribution in [0.3, 0.4) is 0 Å². The Morgan fingerprint density at radius 3 is 2.60 bits per heavy atom. The number of ether oxygens (including phenoxy) is 2. The number of methoxy groups -OCH3 is 1. The lowest BCUT2D eigenvalue weighted by atomic mass is 9.92. The molecule has 0 aliphatic heterocycles. The van der Waals surface area contributed by atoms with Gasteiger partial charge >= 0.3 is 5.97 Å². The normalized spacial score (nSPS) is 10.7. The highest BCUT2D eigenvalue weighted by atomic mass is 16.5. The summed E-state index contributed by atoms with van der Waals surface area (Å²) in [4.78, 5) is 11.0. The number of carboxylic acid groups (broad SMARTS) is 1. The van der Waals surface area contributed by atoms with Gasteiger partial charge in [0, 0.05) is 12.1 Å². The van der Waals surface area contributed by atoms with Crippen molar-refractivity contribution >= 4 is 11.7 Å². The van der Waals surface area contributed by atoms with E-state index in [1.807, 2.05) is 0 Å². The minimum Gasteiger partial charge on any atom is -0.493 e. The molecule has 0 heterocycles. The monoisotopic (exact) mass is 278 g/mol. The third kappa shape index (κ3) is 3.79. The van der Waals surface area contributed by atoms with Gasteiger partial charge in [-0.25, -0.2) is 4.79 Å². The standard InChI is InChI=1S/C14H18N2O4/c1-14(2,8-15)4-5-20-12-6-9(13(17)18)10(16)7-11(12)19-3/h6-7H,4-5,16H2,1-3H3,(H,17,18). The zero-order valence-electron chi connectivity index (χ0n) is 11.8. The molecule has 1 rings (SSSR count). The average Bonchev–Trinajstić information content (AvgIpc) is 2.39. The van der Waals surface area contributed by atoms with Gasteiger partial charge in [-0.2, -0.15) is 5.26 Å². The average molecular weight is 278 g/mol. The van der Waals surface area contributed by atoms with Crippen molar-refractivity contribution in [1.29, 1.82) is 5.26 Å². The smallest absolute Gasteiger partial charge is 0.337 e. The second-order valence-corrected chi connectivity index (χ2v) is 4.99. The Labute approximate surface area is 117 Å². The predicted molar refractivity (Wildman–Crippen MR) is 73.9 cm³/mol. The fourth-order valence-corrected chi connectivity index (χ4v) is 1.51. The van der Waals surface area contributed by atoms with Crippen LogP contribution in [-0.4, -0.2) is 24.8 Å². The first-order chi connectivity index (χ1) is 9.30. The van der Waals surface area contributed by atoms with Crippen molar-refractivity contribution in [3.8, 4) is 17.6 Å². The van der Waals surface area contributed by atoms with Crippen LogP contribution in [0.25, 0.3) is 0 Å². The van der Waals surface area contributed by atoms with Crippen LogP contribution in [0.2, 0.25) is 0 Å². The number of benzene rings is 1. The number of nitrogens with two attached hydrogens (primary N) is 1. The molecule has 0 atom stereocenters. The number of hydrogen-bond acceptors (Lipinski definition) is 5. The molecule has 3 N–H and O–H groups in total. The summed E-state index contributed by atoms with van der Waals surface area (Å²) in [6, 6.07) is 4.91. The Morgan fingerprint density at radius 2 is 2.10 bits per heavy atom. The van der Waals surface area contributed by atoms with Crippen LogP contribution in [0, 0.1) is 16.7 Å². The highest BCUT2D eigenvalue weighted by molar-refractivity contribution is 5.94. The molecule has 108 valence electrons. The molecular weight excluding hydrogens is 260 g/mol. The number of aromatic carboxylic acids is 1. The lowest BCUT2D eigenvalue weighted by Crippen LogP contribution is -2.14. The largest absolute Gasteiger partial charge is 0.493 e. The Morgan fingerprint density at radius 1 is 1.45 bits per heavy atom. The molecule has 0 aliphatic carbocycles. The molecule has 0 bridgehead atoms. The van der Waals surface area contributed by atoms with E-state index < -0.39 is 11.4 Å². The second-order valence-electron chi connectivity index (χ2n) is 4.99. The van der Waals surface area contributed by atoms with E-state index in [1.165, 1.54) is 19.2 Å². The number of hydrogen-bond donors (Lipinski definition) is 2. The number of carboxylic acids is 1. The molecule has 0 saturated carbocycles. The molecule has 0 fully saturated rings. The van der Waals surface area contributed by atoms with Gasteiger partial charge in [-0.1, -0.05) is 0 Å². The lowest BCUT2D eigenvalue weighted by molar-refractivity contribution is 0.0697. The summed E-state index contributed by atoms with van der Waals surface area (Å²) in [6.45, 7) is 3.89. The zero-order chi connectivity index (χ0) is 15.3. The molecule has 6 nitrogen and oxygen atoms in total. The third-order valence-corrected chi connectivity index (χ3v) is 2.85. The van der Waals surface area contributed by atoms with Crippen LogP contribution in [-0.2, 0) is 0 Å². The third-order valence-electron chi connectivity index (χ3n) is 2.85. The fraction of sp³-hybridized carbons (Fsp3) is 0.429. The van der Waals surface area contributed by atoms with Crippen LogP contribution >= 0.6 is 0 Å². The predicted octanol–water partition coefficient (Wildman–Crippen LogP) is 2.29. The number of nitrogen functional groups attached to an aromatic ring is 1. The summed E-state index contributed by atoms with van der Waals surface area (Å²) in [7, 11) is 1.45. The van der Waals surface area contributed by atoms with E-state index in [9.17, 15) is 4.79 Å². The molecule has 6 heteroatoms. The summed E-state index contributed by atoms with van der Waals surface area (Å²) < 4.78 is 10.6. The van der Waals surface area contributed by atoms with Gasteiger partial charge in [0.25, 0.3) is 0 Å². The van der Waals surface area contributed by atoms with Gasteiger partial charge in [0.2, 0.25) is 0 Å². The Hall–Kier alpha value is -2.42. The Kier molecular flexibility index (Phi) is 4.81. The minimum absolute atomic E-state index is 0.0413. The first-order valence-electron chi connectivity index (χ1n) is 6.05. The van der Waals surface area contributed by atoms with Crippen molar-refractivity contribution in [3.63, 3.8) is 0 Å². The van der Waals surface area contributed by atoms with E-state index in [-0.39, 0.29) is 17.9 Å². The van der Waals surface area contributed by atoms with Crippen molar-refractivity contribution in [2.24, 2.45) is 5.41 Å². The van der Waals surface area contributed by atoms with Crippen LogP contribution in [0.5, 0.6) is 11.5 Å². The minimum atomic E-state index is -1.13. The van der Waals surface area contributed by atoms with Gasteiger partial charge in [0.1, 0.15) is 0 Å². The molecule has 1 aromatic rings. The molecule has 0 aromatic heterocycles. The van der Waals surface area contributed by atoms with Crippen LogP contribution in [0.15, 0.2) is 12.1 Å². The molecule has 0 spiro atoms. The van der Waals surface area contributed by atoms with Gasteiger partial charge in [0.05, 0.1) is 36.5 Å². The van der Waals surface area contributed by atoms with E-state index in [0.717, 1.165) is 0 Å². The molecule has 0 aliphatic rings. The summed E-state index contributed by atoms with van der Waals surface area (Å²) in [5, 5.41) is 17.9. The van der Waals surface area contributed by atoms with Crippen molar-refractivity contribution in [1.82, 2.24) is 0 Å². The highest BCUT2D eigenvalue weighted by Crippen LogP contribution is 2.33. The fourth-order valence-electron chi connectivity index (χ4n) is 1.51. The van der Waals surface area contributed by atoms with Crippen LogP contribution in [0.1, 0.15) is 30.6 Å². The molecule has 0 amide bonds. The van der Waals surface area contributed by atoms with Gasteiger partial charge in [0.15, 0.2) is 11.5 Å². The maximum atomic E-state index is 11.0. The summed E-state index contributed by atoms with van der Waals surface area (Å²) in [6.07, 6.45) is 0.513. The van der Waals surface area contributed by atoms with Gasteiger partial charge < -0.3 is 20.3 Å². The van der Waals surface area contributed by atoms with E-state index in [1.54, 1.807) is 13.8 Å². The van der Waals surface area contributed by atoms with E-state index >= 15 is 0 Å². The first kappa shape index (κ1) is 15.6. The van der Waals surface area contributed by atoms with E-state index in [4.69, 9.17) is 25.6 Å². The molecule has 0 unspecified atom stereocenters. The molecule has 1 aromatic carbocycles. The van der Waals surface area contributed by atoms with Crippen molar-refractivity contribution < 1.29 is 19.4 Å². The van der Waals surface area contributed by atoms with Gasteiger partial charge in [-0.15, -0.1) is 0 Å². The lowest BCUT2D eigenvalue weighted by Gasteiger charge is -2.17. The number of rotatable bonds is 6. The van der Waals surface area contributed by atoms with Gasteiger partial charge in [-0.3, -0.25) is 0 Å². The molecule has 0 radical (unpaired) electrons. The van der Waals surface area contributed by atoms with E-state index in [2.05, 4.69) is 6.07 Å². The Bertz CT molecular complexity index is 547. The number of nitriles is 1. The Balaban J connectivity index is 2.91. The van der Waals surface area contributed by atoms with Crippen LogP contribution < -0.4 is 15.2 Å². The maximum Gasteiger partial charge on any atom is 0.337 e. The summed E-state index contributed by atoms with van der Waals surface area (Å²) in [5.74, 6) is -0.470. The summed E-state index contributed by atoms with van der Waals surface area (Å²) in [5.41, 5.74) is 5.19. The van der Waals surface area contributed by atoms with Crippen molar-refractivity contribution in [3.05, 3.63) is 17.7 Å². The SMILES string of the molecule is COc1cc(N)c(C(=O)O)cc1OCCC(C)(C)C#N. The number of anilines is 1. The first-order valence-corrected chi connectivity index (χ1v) is 6.05. The van der Waals surface area contributed by atoms with E-state index in [0.29, 0.717) is 17.9 Å². The number of carbonyl (C=O) groups is 1. The van der Waals surface area contributed by atoms with Crippen molar-refractivity contribution in [2.75, 3.05) is 19.5 Å². The van der Waals surface area contributed by atoms with Gasteiger partial charge in [-0.05, 0) is 20.3 Å². The zero-order valence-corrected chi connectivity index (χ0v) is 11.8. The maximum absolute atomic E-state index is 11.0. The van der Waals surface area contributed by atoms with Crippen LogP contribution in [0.4, 0.5) is 5.69 Å². The van der Waals surface area contributed by atoms with Crippen molar-refractivity contribution in [2.45, 2.75) is 20.3 Å². The molecular formula is C14H18N2O4.